The summed E-state index contributed by atoms with van der Waals surface area (Å²) in [6.45, 7) is 1.73. The molecule has 1 aliphatic rings. The minimum Gasteiger partial charge on any atom is -0.372 e. The van der Waals surface area contributed by atoms with Crippen molar-refractivity contribution in [2.45, 2.75) is 60.6 Å². The second-order valence-corrected chi connectivity index (χ2v) is 14.2. The molecule has 0 aliphatic carbocycles. The lowest BCUT2D eigenvalue weighted by Crippen LogP contribution is -2.60. The van der Waals surface area contributed by atoms with E-state index in [0.717, 1.165) is 38.1 Å². The van der Waals surface area contributed by atoms with Crippen molar-refractivity contribution in [3.05, 3.63) is 168 Å². The van der Waals surface area contributed by atoms with E-state index in [-0.39, 0.29) is 6.61 Å². The van der Waals surface area contributed by atoms with Crippen molar-refractivity contribution in [1.82, 2.24) is 15.0 Å². The number of aromatic nitrogens is 3. The van der Waals surface area contributed by atoms with Crippen molar-refractivity contribution in [3.63, 3.8) is 0 Å². The van der Waals surface area contributed by atoms with Gasteiger partial charge in [0, 0.05) is 17.8 Å². The first-order valence-electron chi connectivity index (χ1n) is 16.9. The van der Waals surface area contributed by atoms with E-state index in [9.17, 15) is 0 Å². The van der Waals surface area contributed by atoms with Crippen LogP contribution < -0.4 is 0 Å². The Morgan fingerprint density at radius 3 is 1.73 bits per heavy atom. The molecule has 0 unspecified atom stereocenters. The first-order chi connectivity index (χ1) is 25.3. The Balaban J connectivity index is 1.21. The number of hydrogen-bond donors (Lipinski definition) is 0. The van der Waals surface area contributed by atoms with Crippen LogP contribution in [0.15, 0.2) is 150 Å². The van der Waals surface area contributed by atoms with Crippen LogP contribution >= 0.6 is 23.1 Å². The van der Waals surface area contributed by atoms with E-state index in [4.69, 9.17) is 28.7 Å². The van der Waals surface area contributed by atoms with E-state index in [1.807, 2.05) is 96.4 Å². The molecule has 0 amide bonds. The fourth-order valence-corrected chi connectivity index (χ4v) is 7.88. The highest BCUT2D eigenvalue weighted by Gasteiger charge is 2.49. The van der Waals surface area contributed by atoms with E-state index in [1.54, 1.807) is 23.7 Å². The summed E-state index contributed by atoms with van der Waals surface area (Å²) in [5, 5.41) is 2.02. The molecule has 1 saturated heterocycles. The predicted octanol–water partition coefficient (Wildman–Crippen LogP) is 8.39. The van der Waals surface area contributed by atoms with Gasteiger partial charge in [-0.05, 0) is 41.0 Å². The van der Waals surface area contributed by atoms with Crippen LogP contribution in [0.1, 0.15) is 22.4 Å². The second kappa shape index (κ2) is 18.3. The number of benzene rings is 3. The molecule has 6 aromatic rings. The number of pyridine rings is 2. The molecule has 0 spiro atoms. The fraction of sp³-hybridized carbons (Fsp3) is 0.244. The summed E-state index contributed by atoms with van der Waals surface area (Å²) >= 11 is 3.08. The zero-order valence-electron chi connectivity index (χ0n) is 28.0. The molecule has 0 bridgehead atoms. The SMILES string of the molecule is c1ccc(CO[C@@H]2[C@@H](OCc3ccccc3)[C@H](Sc3nc(-c4ccccn4)cs3)O[C@H](COCc3ccccn3)[C@H]2OCc2ccccc2)cc1. The third kappa shape index (κ3) is 9.96. The van der Waals surface area contributed by atoms with Crippen LogP contribution in [0.3, 0.4) is 0 Å². The Morgan fingerprint density at radius 1 is 0.569 bits per heavy atom. The van der Waals surface area contributed by atoms with Crippen LogP contribution in [0.2, 0.25) is 0 Å². The van der Waals surface area contributed by atoms with Gasteiger partial charge in [0.15, 0.2) is 4.34 Å². The molecule has 1 fully saturated rings. The van der Waals surface area contributed by atoms with Gasteiger partial charge in [0.05, 0.1) is 44.4 Å². The average Bonchev–Trinajstić information content (AvgIpc) is 3.67. The topological polar surface area (TPSA) is 84.8 Å². The molecule has 10 heteroatoms. The van der Waals surface area contributed by atoms with Gasteiger partial charge in [-0.3, -0.25) is 9.97 Å². The highest BCUT2D eigenvalue weighted by Crippen LogP contribution is 2.40. The van der Waals surface area contributed by atoms with Crippen LogP contribution in [0.5, 0.6) is 0 Å². The molecule has 4 heterocycles. The average molecular weight is 718 g/mol. The van der Waals surface area contributed by atoms with Gasteiger partial charge in [0.2, 0.25) is 0 Å². The largest absolute Gasteiger partial charge is 0.372 e. The molecular weight excluding hydrogens is 679 g/mol. The van der Waals surface area contributed by atoms with Crippen LogP contribution in [-0.4, -0.2) is 51.4 Å². The lowest BCUT2D eigenvalue weighted by molar-refractivity contribution is -0.254. The molecule has 51 heavy (non-hydrogen) atoms. The van der Waals surface area contributed by atoms with Crippen molar-refractivity contribution >= 4 is 23.1 Å². The van der Waals surface area contributed by atoms with Crippen molar-refractivity contribution in [2.75, 3.05) is 6.61 Å². The molecule has 8 nitrogen and oxygen atoms in total. The van der Waals surface area contributed by atoms with Gasteiger partial charge in [-0.15, -0.1) is 11.3 Å². The molecular formula is C41H39N3O5S2. The Bertz CT molecular complexity index is 1870. The third-order valence-corrected chi connectivity index (χ3v) is 10.4. The normalized spacial score (nSPS) is 20.3. The Kier molecular flexibility index (Phi) is 12.6. The monoisotopic (exact) mass is 717 g/mol. The maximum absolute atomic E-state index is 6.97. The van der Waals surface area contributed by atoms with Crippen molar-refractivity contribution in [3.8, 4) is 11.4 Å². The third-order valence-electron chi connectivity index (χ3n) is 8.33. The van der Waals surface area contributed by atoms with Crippen molar-refractivity contribution < 1.29 is 23.7 Å². The number of thiazole rings is 1. The van der Waals surface area contributed by atoms with E-state index >= 15 is 0 Å². The number of thioether (sulfide) groups is 1. The fourth-order valence-electron chi connectivity index (χ4n) is 5.78. The van der Waals surface area contributed by atoms with Gasteiger partial charge in [0.1, 0.15) is 35.5 Å². The van der Waals surface area contributed by atoms with Gasteiger partial charge in [-0.1, -0.05) is 115 Å². The molecule has 0 saturated carbocycles. The van der Waals surface area contributed by atoms with Crippen molar-refractivity contribution in [1.29, 1.82) is 0 Å². The van der Waals surface area contributed by atoms with Crippen LogP contribution in [0.25, 0.3) is 11.4 Å². The minimum atomic E-state index is -0.520. The van der Waals surface area contributed by atoms with Crippen molar-refractivity contribution in [2.24, 2.45) is 0 Å². The number of ether oxygens (including phenoxy) is 5. The zero-order chi connectivity index (χ0) is 34.5. The molecule has 3 aromatic heterocycles. The standard InChI is InChI=1S/C41H39N3O5S2/c1-4-14-30(15-5-1)24-46-37-36(28-45-27-33-20-10-12-22-42-33)49-40(51-41-44-35(29-50-41)34-21-11-13-23-43-34)39(48-26-32-18-8-3-9-19-32)38(37)47-25-31-16-6-2-7-17-31/h1-23,29,36-40H,24-28H2/t36-,37-,38+,39-,40+/m1/s1. The van der Waals surface area contributed by atoms with Crippen LogP contribution in [0, 0.1) is 0 Å². The maximum atomic E-state index is 6.97. The van der Waals surface area contributed by atoms with E-state index in [1.165, 1.54) is 11.8 Å². The first-order valence-corrected chi connectivity index (χ1v) is 18.7. The highest BCUT2D eigenvalue weighted by molar-refractivity contribution is 8.01. The summed E-state index contributed by atoms with van der Waals surface area (Å²) < 4.78 is 34.5. The quantitative estimate of drug-likeness (QED) is 0.0980. The lowest BCUT2D eigenvalue weighted by Gasteiger charge is -2.45. The van der Waals surface area contributed by atoms with Gasteiger partial charge in [-0.2, -0.15) is 0 Å². The van der Waals surface area contributed by atoms with Crippen LogP contribution in [0.4, 0.5) is 0 Å². The molecule has 5 atom stereocenters. The van der Waals surface area contributed by atoms with Crippen LogP contribution in [-0.2, 0) is 50.1 Å². The van der Waals surface area contributed by atoms with E-state index in [0.29, 0.717) is 26.4 Å². The Labute approximate surface area is 306 Å². The highest BCUT2D eigenvalue weighted by atomic mass is 32.2. The number of rotatable bonds is 16. The predicted molar refractivity (Wildman–Crippen MR) is 199 cm³/mol. The molecule has 260 valence electrons. The second-order valence-electron chi connectivity index (χ2n) is 12.0. The summed E-state index contributed by atoms with van der Waals surface area (Å²) in [6, 6.07) is 42.1. The number of hydrogen-bond acceptors (Lipinski definition) is 10. The minimum absolute atomic E-state index is 0.265. The molecule has 0 radical (unpaired) electrons. The molecule has 7 rings (SSSR count). The summed E-state index contributed by atoms with van der Waals surface area (Å²) in [5.41, 5.74) is 5.15. The van der Waals surface area contributed by atoms with E-state index < -0.39 is 29.9 Å². The lowest BCUT2D eigenvalue weighted by atomic mass is 9.99. The Morgan fingerprint density at radius 2 is 1.14 bits per heavy atom. The summed E-state index contributed by atoms with van der Waals surface area (Å²) in [5.74, 6) is 0. The molecule has 1 aliphatic heterocycles. The Hall–Kier alpha value is -4.26. The van der Waals surface area contributed by atoms with Gasteiger partial charge in [-0.25, -0.2) is 4.98 Å². The van der Waals surface area contributed by atoms with Gasteiger partial charge >= 0.3 is 0 Å². The maximum Gasteiger partial charge on any atom is 0.153 e. The summed E-state index contributed by atoms with van der Waals surface area (Å²) in [7, 11) is 0. The first kappa shape index (κ1) is 35.2. The molecule has 3 aromatic carbocycles. The van der Waals surface area contributed by atoms with Gasteiger partial charge < -0.3 is 23.7 Å². The summed E-state index contributed by atoms with van der Waals surface area (Å²) in [4.78, 5) is 13.9. The number of nitrogens with zero attached hydrogens (tertiary/aromatic N) is 3. The molecule has 0 N–H and O–H groups in total. The zero-order valence-corrected chi connectivity index (χ0v) is 29.6. The smallest absolute Gasteiger partial charge is 0.153 e. The summed E-state index contributed by atoms with van der Waals surface area (Å²) in [6.07, 6.45) is 1.51. The van der Waals surface area contributed by atoms with Gasteiger partial charge in [0.25, 0.3) is 0 Å². The van der Waals surface area contributed by atoms with E-state index in [2.05, 4.69) is 46.4 Å².